The van der Waals surface area contributed by atoms with Gasteiger partial charge in [0.15, 0.2) is 5.78 Å². The first-order valence-corrected chi connectivity index (χ1v) is 11.1. The summed E-state index contributed by atoms with van der Waals surface area (Å²) in [6.07, 6.45) is 12.7. The van der Waals surface area contributed by atoms with Crippen molar-refractivity contribution < 1.29 is 9.90 Å². The molecule has 0 bridgehead atoms. The lowest BCUT2D eigenvalue weighted by Gasteiger charge is -2.53. The number of hydrogen-bond donors (Lipinski definition) is 1. The highest BCUT2D eigenvalue weighted by Gasteiger charge is 2.57. The molecule has 1 N–H and O–H groups in total. The summed E-state index contributed by atoms with van der Waals surface area (Å²) in [6, 6.07) is 0. The first-order valence-electron chi connectivity index (χ1n) is 9.84. The molecule has 0 saturated heterocycles. The van der Waals surface area contributed by atoms with Crippen molar-refractivity contribution in [3.05, 3.63) is 33.5 Å². The van der Waals surface area contributed by atoms with Crippen LogP contribution in [-0.2, 0) is 4.79 Å². The van der Waals surface area contributed by atoms with E-state index in [0.717, 1.165) is 31.6 Å². The van der Waals surface area contributed by atoms with E-state index in [0.29, 0.717) is 23.5 Å². The Morgan fingerprint density at radius 2 is 2.12 bits per heavy atom. The average molecular weight is 452 g/mol. The molecule has 4 aliphatic carbocycles. The Bertz CT molecular complexity index is 661. The number of hydrogen-bond acceptors (Lipinski definition) is 2. The summed E-state index contributed by atoms with van der Waals surface area (Å²) in [4.78, 5) is 12.1. The van der Waals surface area contributed by atoms with E-state index < -0.39 is 0 Å². The van der Waals surface area contributed by atoms with Crippen LogP contribution in [0.1, 0.15) is 52.4 Å². The Morgan fingerprint density at radius 3 is 2.88 bits per heavy atom. The van der Waals surface area contributed by atoms with Crippen LogP contribution in [0.3, 0.4) is 0 Å². The SMILES string of the molecule is CC1C[C@H]2C(=CC1=O)CC[C@@H]1[C@@H]2CC[C@]2(C)[C@@H](O)C(=CC=CI)C[C@@H]12. The molecule has 0 heterocycles. The minimum absolute atomic E-state index is 0.0451. The van der Waals surface area contributed by atoms with Crippen molar-refractivity contribution in [2.45, 2.75) is 58.5 Å². The summed E-state index contributed by atoms with van der Waals surface area (Å²) >= 11 is 2.24. The molecule has 7 atom stereocenters. The largest absolute Gasteiger partial charge is 0.388 e. The van der Waals surface area contributed by atoms with Crippen LogP contribution in [0.25, 0.3) is 0 Å². The molecule has 0 spiro atoms. The summed E-state index contributed by atoms with van der Waals surface area (Å²) in [5.74, 6) is 3.20. The third kappa shape index (κ3) is 2.80. The standard InChI is InChI=1S/C22H29IO2/c1-13-10-18-14(12-20(13)24)5-6-17-16(18)7-8-22(2)19(17)11-15(21(22)25)4-3-9-23/h3-4,9,12-13,16-19,21,25H,5-8,10-11H2,1-2H3/t13?,16-,17+,18-,19-,21-,22-/m0/s1. The Hall–Kier alpha value is -0.420. The number of halogens is 1. The van der Waals surface area contributed by atoms with Gasteiger partial charge in [-0.1, -0.05) is 54.2 Å². The normalized spacial score (nSPS) is 48.2. The van der Waals surface area contributed by atoms with E-state index in [4.69, 9.17) is 0 Å². The van der Waals surface area contributed by atoms with Crippen LogP contribution in [0, 0.1) is 35.0 Å². The molecule has 0 aromatic heterocycles. The van der Waals surface area contributed by atoms with Gasteiger partial charge in [0.25, 0.3) is 0 Å². The molecule has 3 saturated carbocycles. The lowest BCUT2D eigenvalue weighted by molar-refractivity contribution is -0.119. The Balaban J connectivity index is 1.63. The maximum atomic E-state index is 12.1. The van der Waals surface area contributed by atoms with Gasteiger partial charge < -0.3 is 5.11 Å². The molecule has 3 fully saturated rings. The monoisotopic (exact) mass is 452 g/mol. The second kappa shape index (κ2) is 6.63. The molecule has 0 aromatic rings. The highest BCUT2D eigenvalue weighted by Crippen LogP contribution is 2.63. The summed E-state index contributed by atoms with van der Waals surface area (Å²) in [6.45, 7) is 4.42. The molecule has 25 heavy (non-hydrogen) atoms. The highest BCUT2D eigenvalue weighted by atomic mass is 127. The second-order valence-electron chi connectivity index (χ2n) is 9.05. The topological polar surface area (TPSA) is 37.3 Å². The van der Waals surface area contributed by atoms with Gasteiger partial charge in [-0.3, -0.25) is 4.79 Å². The number of allylic oxidation sites excluding steroid dienone is 3. The molecule has 136 valence electrons. The fourth-order valence-corrected chi connectivity index (χ4v) is 6.74. The smallest absolute Gasteiger partial charge is 0.158 e. The van der Waals surface area contributed by atoms with E-state index in [1.165, 1.54) is 24.0 Å². The Labute approximate surface area is 165 Å². The van der Waals surface area contributed by atoms with Crippen LogP contribution in [0.15, 0.2) is 33.5 Å². The van der Waals surface area contributed by atoms with E-state index in [1.54, 1.807) is 0 Å². The summed E-state index contributed by atoms with van der Waals surface area (Å²) in [5.41, 5.74) is 2.72. The van der Waals surface area contributed by atoms with Gasteiger partial charge in [0, 0.05) is 11.3 Å². The first kappa shape index (κ1) is 18.0. The number of carbonyl (C=O) groups excluding carboxylic acids is 1. The lowest BCUT2D eigenvalue weighted by atomic mass is 9.51. The van der Waals surface area contributed by atoms with Gasteiger partial charge in [-0.15, -0.1) is 0 Å². The van der Waals surface area contributed by atoms with Crippen LogP contribution in [0.4, 0.5) is 0 Å². The molecule has 2 nitrogen and oxygen atoms in total. The predicted molar refractivity (Wildman–Crippen MR) is 109 cm³/mol. The van der Waals surface area contributed by atoms with Gasteiger partial charge in [0.2, 0.25) is 0 Å². The number of aliphatic hydroxyl groups excluding tert-OH is 1. The van der Waals surface area contributed by atoms with Crippen molar-refractivity contribution in [2.75, 3.05) is 0 Å². The van der Waals surface area contributed by atoms with E-state index in [-0.39, 0.29) is 17.4 Å². The van der Waals surface area contributed by atoms with E-state index in [1.807, 2.05) is 10.2 Å². The molecular weight excluding hydrogens is 423 g/mol. The van der Waals surface area contributed by atoms with E-state index in [9.17, 15) is 9.90 Å². The third-order valence-electron chi connectivity index (χ3n) is 7.92. The molecular formula is C22H29IO2. The average Bonchev–Trinajstić information content (AvgIpc) is 2.85. The zero-order chi connectivity index (χ0) is 17.8. The molecule has 1 unspecified atom stereocenters. The van der Waals surface area contributed by atoms with Gasteiger partial charge in [0.1, 0.15) is 0 Å². The number of rotatable bonds is 1. The van der Waals surface area contributed by atoms with Gasteiger partial charge in [-0.2, -0.15) is 0 Å². The molecule has 0 amide bonds. The molecule has 0 aliphatic heterocycles. The van der Waals surface area contributed by atoms with Crippen molar-refractivity contribution in [3.8, 4) is 0 Å². The molecule has 0 aromatic carbocycles. The van der Waals surface area contributed by atoms with Crippen molar-refractivity contribution in [3.63, 3.8) is 0 Å². The van der Waals surface area contributed by atoms with Gasteiger partial charge in [0.05, 0.1) is 6.10 Å². The first-order chi connectivity index (χ1) is 12.0. The van der Waals surface area contributed by atoms with Crippen molar-refractivity contribution in [2.24, 2.45) is 35.0 Å². The van der Waals surface area contributed by atoms with Crippen molar-refractivity contribution >= 4 is 28.4 Å². The summed E-state index contributed by atoms with van der Waals surface area (Å²) in [7, 11) is 0. The predicted octanol–water partition coefficient (Wildman–Crippen LogP) is 5.22. The molecule has 4 rings (SSSR count). The van der Waals surface area contributed by atoms with E-state index in [2.05, 4.69) is 48.6 Å². The quantitative estimate of drug-likeness (QED) is 0.554. The molecule has 4 aliphatic rings. The van der Waals surface area contributed by atoms with Crippen LogP contribution in [-0.4, -0.2) is 17.0 Å². The Kier molecular flexibility index (Phi) is 4.77. The van der Waals surface area contributed by atoms with E-state index >= 15 is 0 Å². The van der Waals surface area contributed by atoms with Crippen LogP contribution in [0.5, 0.6) is 0 Å². The number of ketones is 1. The van der Waals surface area contributed by atoms with Crippen molar-refractivity contribution in [1.82, 2.24) is 0 Å². The molecule has 3 heteroatoms. The maximum Gasteiger partial charge on any atom is 0.158 e. The summed E-state index contributed by atoms with van der Waals surface area (Å²) in [5, 5.41) is 11.0. The van der Waals surface area contributed by atoms with Crippen LogP contribution < -0.4 is 0 Å². The second-order valence-corrected chi connectivity index (χ2v) is 9.77. The summed E-state index contributed by atoms with van der Waals surface area (Å²) < 4.78 is 2.02. The third-order valence-corrected chi connectivity index (χ3v) is 8.34. The number of aliphatic hydroxyl groups is 1. The zero-order valence-electron chi connectivity index (χ0n) is 15.2. The highest BCUT2D eigenvalue weighted by molar-refractivity contribution is 14.1. The van der Waals surface area contributed by atoms with Crippen molar-refractivity contribution in [1.29, 1.82) is 0 Å². The number of carbonyl (C=O) groups is 1. The minimum atomic E-state index is -0.283. The zero-order valence-corrected chi connectivity index (χ0v) is 17.4. The van der Waals surface area contributed by atoms with Gasteiger partial charge >= 0.3 is 0 Å². The van der Waals surface area contributed by atoms with Crippen LogP contribution in [0.2, 0.25) is 0 Å². The Morgan fingerprint density at radius 1 is 1.32 bits per heavy atom. The van der Waals surface area contributed by atoms with Gasteiger partial charge in [-0.25, -0.2) is 0 Å². The fourth-order valence-electron chi connectivity index (χ4n) is 6.53. The van der Waals surface area contributed by atoms with Crippen LogP contribution >= 0.6 is 22.6 Å². The maximum absolute atomic E-state index is 12.1. The van der Waals surface area contributed by atoms with Gasteiger partial charge in [-0.05, 0) is 77.9 Å². The fraction of sp³-hybridized carbons (Fsp3) is 0.682. The molecule has 0 radical (unpaired) electrons. The minimum Gasteiger partial charge on any atom is -0.388 e. The number of fused-ring (bicyclic) bond motifs is 5. The lowest BCUT2D eigenvalue weighted by Crippen LogP contribution is -2.48.